The van der Waals surface area contributed by atoms with E-state index in [0.29, 0.717) is 12.0 Å². The molecule has 0 aliphatic heterocycles. The molecule has 2 aromatic rings. The van der Waals surface area contributed by atoms with Gasteiger partial charge in [0.25, 0.3) is 5.91 Å². The molecule has 5 rings (SSSR count). The number of nitrogens with zero attached hydrogens (tertiary/aromatic N) is 1. The summed E-state index contributed by atoms with van der Waals surface area (Å²) in [4.78, 5) is 41.9. The molecule has 37 heavy (non-hydrogen) atoms. The molecule has 0 spiro atoms. The number of aromatic hydroxyl groups is 1. The summed E-state index contributed by atoms with van der Waals surface area (Å²) in [5.74, 6) is -5.41. The Morgan fingerprint density at radius 1 is 1.08 bits per heavy atom. The summed E-state index contributed by atoms with van der Waals surface area (Å²) in [6.45, 7) is 0.0473. The maximum atomic E-state index is 13.9. The molecule has 3 aliphatic carbocycles. The molecule has 1 fully saturated rings. The number of carbonyl (C=O) groups excluding carboxylic acids is 3. The van der Waals surface area contributed by atoms with Crippen LogP contribution in [-0.4, -0.2) is 63.4 Å². The van der Waals surface area contributed by atoms with Crippen molar-refractivity contribution in [2.24, 2.45) is 17.6 Å². The summed E-state index contributed by atoms with van der Waals surface area (Å²) in [5.41, 5.74) is 3.83. The molecule has 0 aromatic heterocycles. The van der Waals surface area contributed by atoms with Gasteiger partial charge in [-0.15, -0.1) is 0 Å². The highest BCUT2D eigenvalue weighted by Gasteiger charge is 2.65. The van der Waals surface area contributed by atoms with Crippen molar-refractivity contribution in [2.75, 3.05) is 14.1 Å². The average molecular weight is 505 g/mol. The van der Waals surface area contributed by atoms with Crippen LogP contribution in [0.1, 0.15) is 23.1 Å². The molecule has 1 amide bonds. The first kappa shape index (κ1) is 24.7. The Hall–Kier alpha value is -3.95. The molecule has 2 aromatic carbocycles. The second-order valence-corrected chi connectivity index (χ2v) is 10.0. The quantitative estimate of drug-likeness (QED) is 0.354. The number of carbonyl (C=O) groups is 3. The van der Waals surface area contributed by atoms with Crippen LogP contribution in [0, 0.1) is 11.8 Å². The monoisotopic (exact) mass is 504 g/mol. The Bertz CT molecular complexity index is 1380. The molecule has 0 radical (unpaired) electrons. The number of ether oxygens (including phenoxy) is 1. The Morgan fingerprint density at radius 3 is 2.43 bits per heavy atom. The second kappa shape index (κ2) is 8.86. The van der Waals surface area contributed by atoms with Crippen LogP contribution in [-0.2, 0) is 32.1 Å². The minimum Gasteiger partial charge on any atom is -0.507 e. The van der Waals surface area contributed by atoms with Crippen LogP contribution in [0.4, 0.5) is 0 Å². The molecule has 3 aliphatic rings. The van der Waals surface area contributed by atoms with Gasteiger partial charge in [-0.25, -0.2) is 0 Å². The molecular formula is C28H28N2O7. The number of hydrogen-bond acceptors (Lipinski definition) is 8. The fourth-order valence-electron chi connectivity index (χ4n) is 6.05. The number of phenols is 1. The van der Waals surface area contributed by atoms with Crippen molar-refractivity contribution in [3.05, 3.63) is 82.1 Å². The highest BCUT2D eigenvalue weighted by molar-refractivity contribution is 6.33. The predicted molar refractivity (Wildman–Crippen MR) is 133 cm³/mol. The predicted octanol–water partition coefficient (Wildman–Crippen LogP) is 1.62. The summed E-state index contributed by atoms with van der Waals surface area (Å²) < 4.78 is 6.05. The van der Waals surface area contributed by atoms with Gasteiger partial charge >= 0.3 is 0 Å². The zero-order chi connectivity index (χ0) is 26.6. The van der Waals surface area contributed by atoms with Crippen molar-refractivity contribution in [1.82, 2.24) is 4.90 Å². The molecule has 0 saturated heterocycles. The van der Waals surface area contributed by atoms with Gasteiger partial charge in [-0.3, -0.25) is 19.3 Å². The lowest BCUT2D eigenvalue weighted by Gasteiger charge is -2.50. The Morgan fingerprint density at radius 2 is 1.78 bits per heavy atom. The fourth-order valence-corrected chi connectivity index (χ4v) is 6.05. The number of ketones is 2. The summed E-state index contributed by atoms with van der Waals surface area (Å²) in [6, 6.07) is 13.1. The lowest BCUT2D eigenvalue weighted by atomic mass is 9.57. The first-order valence-electron chi connectivity index (χ1n) is 12.0. The minimum atomic E-state index is -2.64. The summed E-state index contributed by atoms with van der Waals surface area (Å²) >= 11 is 0. The molecular weight excluding hydrogens is 476 g/mol. The maximum Gasteiger partial charge on any atom is 0.255 e. The lowest BCUT2D eigenvalue weighted by Crippen LogP contribution is -2.67. The zero-order valence-electron chi connectivity index (χ0n) is 20.5. The number of nitrogens with two attached hydrogens (primary N) is 1. The van der Waals surface area contributed by atoms with E-state index >= 15 is 0 Å². The Balaban J connectivity index is 1.65. The lowest BCUT2D eigenvalue weighted by molar-refractivity contribution is -0.162. The molecule has 5 N–H and O–H groups in total. The zero-order valence-corrected chi connectivity index (χ0v) is 20.5. The number of rotatable bonds is 5. The van der Waals surface area contributed by atoms with Gasteiger partial charge in [-0.1, -0.05) is 42.5 Å². The summed E-state index contributed by atoms with van der Waals surface area (Å²) in [5, 5.41) is 33.2. The maximum absolute atomic E-state index is 13.9. The van der Waals surface area contributed by atoms with Gasteiger partial charge < -0.3 is 25.8 Å². The third-order valence-electron chi connectivity index (χ3n) is 7.67. The normalized spacial score (nSPS) is 27.1. The van der Waals surface area contributed by atoms with E-state index in [2.05, 4.69) is 0 Å². The highest BCUT2D eigenvalue weighted by Crippen LogP contribution is 2.52. The number of aliphatic hydroxyl groups excluding tert-OH is 1. The second-order valence-electron chi connectivity index (χ2n) is 10.0. The number of Topliss-reactive ketones (excluding diaryl/α,β-unsaturated/α-hetero) is 2. The number of fused-ring (bicyclic) bond motifs is 3. The van der Waals surface area contributed by atoms with Crippen LogP contribution < -0.4 is 5.73 Å². The standard InChI is InChI=1S/C28H28N2O7/c1-30(2)22-17-12-16-11-15-9-6-10-18(31)19(15)23(32)20(16)25(33)28(17,36)26(34)21(27(29)35)24(22)37-13-14-7-4-3-5-8-14/h3-10,16-17,22,31-32,36H,11-13H2,1-2H3,(H2,29,35)/t16-,17-,22-,28+/m0/s1. The molecule has 0 unspecified atom stereocenters. The van der Waals surface area contributed by atoms with Gasteiger partial charge in [0.1, 0.15) is 29.4 Å². The van der Waals surface area contributed by atoms with Crippen LogP contribution in [0.2, 0.25) is 0 Å². The SMILES string of the molecule is CN(C)[C@@H]1C(OCc2ccccc2)=C(C(N)=O)C(=O)[C@]2(O)C(=O)C3=C(O)c4c(O)cccc4C[C@H]3C[C@@H]12. The van der Waals surface area contributed by atoms with Crippen molar-refractivity contribution in [3.63, 3.8) is 0 Å². The Labute approximate surface area is 213 Å². The van der Waals surface area contributed by atoms with E-state index in [-0.39, 0.29) is 35.7 Å². The van der Waals surface area contributed by atoms with Gasteiger partial charge in [0, 0.05) is 11.5 Å². The molecule has 4 atom stereocenters. The first-order valence-corrected chi connectivity index (χ1v) is 12.0. The third kappa shape index (κ3) is 3.65. The highest BCUT2D eigenvalue weighted by atomic mass is 16.5. The van der Waals surface area contributed by atoms with Crippen molar-refractivity contribution in [1.29, 1.82) is 0 Å². The number of benzene rings is 2. The number of aliphatic hydroxyl groups is 2. The van der Waals surface area contributed by atoms with Gasteiger partial charge in [0.2, 0.25) is 11.6 Å². The molecule has 0 bridgehead atoms. The van der Waals surface area contributed by atoms with Gasteiger partial charge in [0.15, 0.2) is 5.60 Å². The van der Waals surface area contributed by atoms with E-state index in [4.69, 9.17) is 10.5 Å². The van der Waals surface area contributed by atoms with E-state index in [9.17, 15) is 29.7 Å². The minimum absolute atomic E-state index is 0.0133. The number of primary amides is 1. The van der Waals surface area contributed by atoms with Crippen LogP contribution in [0.3, 0.4) is 0 Å². The molecule has 9 nitrogen and oxygen atoms in total. The van der Waals surface area contributed by atoms with Gasteiger partial charge in [-0.2, -0.15) is 0 Å². The van der Waals surface area contributed by atoms with E-state index < -0.39 is 52.3 Å². The smallest absolute Gasteiger partial charge is 0.255 e. The largest absolute Gasteiger partial charge is 0.507 e. The van der Waals surface area contributed by atoms with Crippen LogP contribution >= 0.6 is 0 Å². The Kier molecular flexibility index (Phi) is 5.92. The average Bonchev–Trinajstić information content (AvgIpc) is 2.85. The van der Waals surface area contributed by atoms with E-state index in [1.807, 2.05) is 30.3 Å². The molecule has 0 heterocycles. The van der Waals surface area contributed by atoms with Crippen molar-refractivity contribution in [2.45, 2.75) is 31.1 Å². The summed E-state index contributed by atoms with van der Waals surface area (Å²) in [6.07, 6.45) is 0.470. The third-order valence-corrected chi connectivity index (χ3v) is 7.67. The van der Waals surface area contributed by atoms with Crippen molar-refractivity contribution >= 4 is 23.2 Å². The van der Waals surface area contributed by atoms with Gasteiger partial charge in [-0.05, 0) is 50.0 Å². The van der Waals surface area contributed by atoms with E-state index in [1.165, 1.54) is 6.07 Å². The van der Waals surface area contributed by atoms with Gasteiger partial charge in [0.05, 0.1) is 11.6 Å². The molecule has 9 heteroatoms. The number of hydrogen-bond donors (Lipinski definition) is 4. The number of likely N-dealkylation sites (N-methyl/N-ethyl adjacent to an activating group) is 1. The number of amides is 1. The topological polar surface area (TPSA) is 150 Å². The van der Waals surface area contributed by atoms with Crippen LogP contribution in [0.25, 0.3) is 5.76 Å². The van der Waals surface area contributed by atoms with E-state index in [0.717, 1.165) is 5.56 Å². The van der Waals surface area contributed by atoms with Crippen LogP contribution in [0.15, 0.2) is 65.4 Å². The van der Waals surface area contributed by atoms with Crippen molar-refractivity contribution < 1.29 is 34.4 Å². The fraction of sp³-hybridized carbons (Fsp3) is 0.321. The first-order chi connectivity index (χ1) is 17.6. The number of phenolic OH excluding ortho intramolecular Hbond substituents is 1. The van der Waals surface area contributed by atoms with E-state index in [1.54, 1.807) is 31.1 Å². The molecule has 192 valence electrons. The molecule has 1 saturated carbocycles. The van der Waals surface area contributed by atoms with Crippen LogP contribution in [0.5, 0.6) is 5.75 Å². The summed E-state index contributed by atoms with van der Waals surface area (Å²) in [7, 11) is 3.40. The van der Waals surface area contributed by atoms with Crippen molar-refractivity contribution in [3.8, 4) is 5.75 Å².